The number of methoxy groups -OCH3 is 2. The van der Waals surface area contributed by atoms with Crippen LogP contribution < -0.4 is 19.1 Å². The van der Waals surface area contributed by atoms with E-state index in [0.717, 1.165) is 53.9 Å². The number of rotatable bonds is 8. The molecule has 6 rings (SSSR count). The summed E-state index contributed by atoms with van der Waals surface area (Å²) in [5.41, 5.74) is 2.29. The number of aromatic nitrogens is 4. The molecule has 5 aromatic rings. The Bertz CT molecular complexity index is 1480. The molecule has 1 fully saturated rings. The van der Waals surface area contributed by atoms with Crippen LogP contribution in [0.4, 0.5) is 5.13 Å². The van der Waals surface area contributed by atoms with Crippen LogP contribution in [-0.2, 0) is 17.8 Å². The summed E-state index contributed by atoms with van der Waals surface area (Å²) in [6.45, 7) is 5.69. The van der Waals surface area contributed by atoms with E-state index in [1.165, 1.54) is 16.2 Å². The highest BCUT2D eigenvalue weighted by Gasteiger charge is 2.20. The highest BCUT2D eigenvalue weighted by molar-refractivity contribution is 7.18. The first-order valence-corrected chi connectivity index (χ1v) is 13.2. The summed E-state index contributed by atoms with van der Waals surface area (Å²) in [5.74, 6) is 1.94. The molecule has 1 aliphatic rings. The topological polar surface area (TPSA) is 96.4 Å². The third kappa shape index (κ3) is 4.25. The van der Waals surface area contributed by atoms with Crippen LogP contribution in [0.15, 0.2) is 28.8 Å². The molecule has 10 nitrogen and oxygen atoms in total. The third-order valence-corrected chi connectivity index (χ3v) is 8.18. The number of ether oxygens (including phenoxy) is 4. The molecule has 0 unspecified atom stereocenters. The summed E-state index contributed by atoms with van der Waals surface area (Å²) in [4.78, 5) is 13.8. The molecule has 4 aromatic heterocycles. The number of hydrogen-bond donors (Lipinski definition) is 0. The van der Waals surface area contributed by atoms with E-state index in [1.54, 1.807) is 30.1 Å². The Hall–Kier alpha value is -3.35. The van der Waals surface area contributed by atoms with Gasteiger partial charge in [0.1, 0.15) is 29.4 Å². The Morgan fingerprint density at radius 2 is 1.92 bits per heavy atom. The van der Waals surface area contributed by atoms with Gasteiger partial charge in [0.2, 0.25) is 4.96 Å². The molecule has 0 radical (unpaired) electrons. The SMILES string of the molecule is CCc1sc(N2CCOCC2)nc1COc1cc(OC)cc2oc(-c3cn4nc(OC)sc4n3)cc12. The van der Waals surface area contributed by atoms with E-state index in [1.807, 2.05) is 24.4 Å². The van der Waals surface area contributed by atoms with Crippen LogP contribution in [0.25, 0.3) is 27.4 Å². The Morgan fingerprint density at radius 1 is 1.06 bits per heavy atom. The number of anilines is 1. The van der Waals surface area contributed by atoms with Crippen molar-refractivity contribution >= 4 is 43.7 Å². The highest BCUT2D eigenvalue weighted by atomic mass is 32.1. The van der Waals surface area contributed by atoms with E-state index in [9.17, 15) is 0 Å². The summed E-state index contributed by atoms with van der Waals surface area (Å²) in [6.07, 6.45) is 2.72. The molecule has 0 aliphatic carbocycles. The van der Waals surface area contributed by atoms with E-state index in [0.29, 0.717) is 40.3 Å². The summed E-state index contributed by atoms with van der Waals surface area (Å²) >= 11 is 3.10. The molecule has 5 heterocycles. The first kappa shape index (κ1) is 23.1. The van der Waals surface area contributed by atoms with Gasteiger partial charge in [0.05, 0.1) is 44.7 Å². The van der Waals surface area contributed by atoms with Gasteiger partial charge in [-0.3, -0.25) is 0 Å². The van der Waals surface area contributed by atoms with Crippen molar-refractivity contribution < 1.29 is 23.4 Å². The predicted octanol–water partition coefficient (Wildman–Crippen LogP) is 4.66. The van der Waals surface area contributed by atoms with E-state index in [2.05, 4.69) is 21.9 Å². The van der Waals surface area contributed by atoms with Gasteiger partial charge in [0, 0.05) is 30.1 Å². The van der Waals surface area contributed by atoms with Gasteiger partial charge in [-0.05, 0) is 23.8 Å². The lowest BCUT2D eigenvalue weighted by Crippen LogP contribution is -2.36. The summed E-state index contributed by atoms with van der Waals surface area (Å²) in [7, 11) is 3.22. The number of thiazole rings is 1. The van der Waals surface area contributed by atoms with Gasteiger partial charge in [-0.15, -0.1) is 16.4 Å². The van der Waals surface area contributed by atoms with Crippen molar-refractivity contribution in [3.8, 4) is 28.1 Å². The Morgan fingerprint density at radius 3 is 2.67 bits per heavy atom. The normalized spacial score (nSPS) is 14.1. The van der Waals surface area contributed by atoms with Crippen molar-refractivity contribution in [2.45, 2.75) is 20.0 Å². The largest absolute Gasteiger partial charge is 0.496 e. The predicted molar refractivity (Wildman–Crippen MR) is 138 cm³/mol. The maximum atomic E-state index is 6.32. The van der Waals surface area contributed by atoms with Crippen LogP contribution in [0.5, 0.6) is 16.7 Å². The zero-order valence-corrected chi connectivity index (χ0v) is 21.8. The van der Waals surface area contributed by atoms with Gasteiger partial charge in [-0.25, -0.2) is 14.5 Å². The molecule has 188 valence electrons. The standard InChI is InChI=1S/C24H25N5O5S2/c1-4-21-17(26-22(35-21)28-5-7-32-8-6-28)13-33-18-9-14(30-2)10-19-15(18)11-20(34-19)16-12-29-23(25-16)36-24(27-29)31-3/h9-12H,4-8,13H2,1-3H3. The molecular weight excluding hydrogens is 502 g/mol. The average molecular weight is 528 g/mol. The lowest BCUT2D eigenvalue weighted by atomic mass is 10.2. The molecular formula is C24H25N5O5S2. The monoisotopic (exact) mass is 527 g/mol. The molecule has 12 heteroatoms. The van der Waals surface area contributed by atoms with Gasteiger partial charge in [-0.2, -0.15) is 0 Å². The molecule has 0 bridgehead atoms. The van der Waals surface area contributed by atoms with Crippen molar-refractivity contribution in [1.29, 1.82) is 0 Å². The van der Waals surface area contributed by atoms with Crippen LogP contribution in [-0.4, -0.2) is 60.1 Å². The van der Waals surface area contributed by atoms with Crippen LogP contribution in [0.1, 0.15) is 17.5 Å². The first-order chi connectivity index (χ1) is 17.6. The fraction of sp³-hybridized carbons (Fsp3) is 0.375. The maximum Gasteiger partial charge on any atom is 0.294 e. The van der Waals surface area contributed by atoms with E-state index < -0.39 is 0 Å². The zero-order valence-electron chi connectivity index (χ0n) is 20.1. The summed E-state index contributed by atoms with van der Waals surface area (Å²) in [5, 5.41) is 6.76. The second kappa shape index (κ2) is 9.60. The number of benzene rings is 1. The van der Waals surface area contributed by atoms with Crippen LogP contribution >= 0.6 is 22.7 Å². The second-order valence-corrected chi connectivity index (χ2v) is 10.2. The van der Waals surface area contributed by atoms with Gasteiger partial charge >= 0.3 is 0 Å². The lowest BCUT2D eigenvalue weighted by molar-refractivity contribution is 0.122. The van der Waals surface area contributed by atoms with Crippen molar-refractivity contribution in [2.24, 2.45) is 0 Å². The fourth-order valence-electron chi connectivity index (χ4n) is 4.12. The number of hydrogen-bond acceptors (Lipinski definition) is 11. The van der Waals surface area contributed by atoms with E-state index in [-0.39, 0.29) is 0 Å². The molecule has 0 saturated carbocycles. The van der Waals surface area contributed by atoms with Gasteiger partial charge < -0.3 is 28.3 Å². The number of furan rings is 1. The minimum atomic E-state index is 0.358. The van der Waals surface area contributed by atoms with Crippen molar-refractivity contribution in [3.05, 3.63) is 35.0 Å². The minimum absolute atomic E-state index is 0.358. The minimum Gasteiger partial charge on any atom is -0.496 e. The van der Waals surface area contributed by atoms with Gasteiger partial charge in [0.15, 0.2) is 10.9 Å². The Balaban J connectivity index is 1.30. The van der Waals surface area contributed by atoms with Crippen molar-refractivity contribution in [2.75, 3.05) is 45.4 Å². The van der Waals surface area contributed by atoms with E-state index >= 15 is 0 Å². The molecule has 0 amide bonds. The van der Waals surface area contributed by atoms with Crippen LogP contribution in [0.2, 0.25) is 0 Å². The molecule has 0 spiro atoms. The van der Waals surface area contributed by atoms with Crippen molar-refractivity contribution in [3.63, 3.8) is 0 Å². The maximum absolute atomic E-state index is 6.32. The molecule has 1 aliphatic heterocycles. The first-order valence-electron chi connectivity index (χ1n) is 11.6. The van der Waals surface area contributed by atoms with Gasteiger partial charge in [0.25, 0.3) is 5.19 Å². The van der Waals surface area contributed by atoms with E-state index in [4.69, 9.17) is 28.3 Å². The number of fused-ring (bicyclic) bond motifs is 2. The lowest BCUT2D eigenvalue weighted by Gasteiger charge is -2.26. The van der Waals surface area contributed by atoms with Gasteiger partial charge in [-0.1, -0.05) is 6.92 Å². The van der Waals surface area contributed by atoms with Crippen LogP contribution in [0.3, 0.4) is 0 Å². The molecule has 1 aromatic carbocycles. The van der Waals surface area contributed by atoms with Crippen LogP contribution in [0, 0.1) is 0 Å². The molecule has 36 heavy (non-hydrogen) atoms. The number of nitrogens with zero attached hydrogens (tertiary/aromatic N) is 5. The molecule has 0 N–H and O–H groups in total. The zero-order chi connectivity index (χ0) is 24.6. The third-order valence-electron chi connectivity index (χ3n) is 5.99. The summed E-state index contributed by atoms with van der Waals surface area (Å²) < 4.78 is 30.3. The Labute approximate surface area is 215 Å². The molecule has 0 atom stereocenters. The van der Waals surface area contributed by atoms with Crippen molar-refractivity contribution in [1.82, 2.24) is 19.6 Å². The number of imidazole rings is 1. The highest BCUT2D eigenvalue weighted by Crippen LogP contribution is 2.38. The number of aryl methyl sites for hydroxylation is 1. The molecule has 1 saturated heterocycles. The second-order valence-electron chi connectivity index (χ2n) is 8.18. The quantitative estimate of drug-likeness (QED) is 0.285. The number of morpholine rings is 1. The fourth-order valence-corrected chi connectivity index (χ4v) is 5.88. The Kier molecular flexibility index (Phi) is 6.15. The smallest absolute Gasteiger partial charge is 0.294 e. The summed E-state index contributed by atoms with van der Waals surface area (Å²) in [6, 6.07) is 5.66. The average Bonchev–Trinajstić information content (AvgIpc) is 3.68.